The van der Waals surface area contributed by atoms with Gasteiger partial charge in [0.1, 0.15) is 11.6 Å². The van der Waals surface area contributed by atoms with Gasteiger partial charge < -0.3 is 11.1 Å². The van der Waals surface area contributed by atoms with E-state index >= 15 is 0 Å². The summed E-state index contributed by atoms with van der Waals surface area (Å²) in [5.41, 5.74) is 7.88. The van der Waals surface area contributed by atoms with Crippen molar-refractivity contribution in [2.45, 2.75) is 6.54 Å². The van der Waals surface area contributed by atoms with E-state index < -0.39 is 0 Å². The van der Waals surface area contributed by atoms with Crippen LogP contribution in [-0.2, 0) is 13.6 Å². The number of anilines is 2. The number of nitrogen functional groups attached to an aromatic ring is 1. The molecule has 0 fully saturated rings. The smallest absolute Gasteiger partial charge is 0.163 e. The lowest BCUT2D eigenvalue weighted by Gasteiger charge is -2.07. The van der Waals surface area contributed by atoms with Gasteiger partial charge in [0.05, 0.1) is 6.20 Å². The van der Waals surface area contributed by atoms with Gasteiger partial charge in [-0.1, -0.05) is 30.3 Å². The number of rotatable bonds is 4. The average Bonchev–Trinajstić information content (AvgIpc) is 2.91. The first kappa shape index (κ1) is 13.1. The van der Waals surface area contributed by atoms with E-state index in [9.17, 15) is 0 Å². The summed E-state index contributed by atoms with van der Waals surface area (Å²) in [6.07, 6.45) is 3.77. The third kappa shape index (κ3) is 3.17. The van der Waals surface area contributed by atoms with Gasteiger partial charge in [0.25, 0.3) is 0 Å². The van der Waals surface area contributed by atoms with Crippen LogP contribution in [0, 0.1) is 0 Å². The van der Waals surface area contributed by atoms with E-state index in [1.807, 2.05) is 49.8 Å². The molecule has 0 atom stereocenters. The van der Waals surface area contributed by atoms with Crippen molar-refractivity contribution in [1.29, 1.82) is 0 Å². The summed E-state index contributed by atoms with van der Waals surface area (Å²) in [6.45, 7) is 0.637. The standard InChI is InChI=1S/C15H16N6/c1-21-10-11(9-18-21)8-17-14-7-13(16)19-15(20-14)12-5-3-2-4-6-12/h2-7,9-10H,8H2,1H3,(H3,16,17,19,20). The Hall–Kier alpha value is -2.89. The van der Waals surface area contributed by atoms with Gasteiger partial charge in [0.15, 0.2) is 5.82 Å². The maximum atomic E-state index is 5.86. The predicted octanol–water partition coefficient (Wildman–Crippen LogP) is 2.07. The number of nitrogens with one attached hydrogen (secondary N) is 1. The van der Waals surface area contributed by atoms with E-state index in [1.54, 1.807) is 10.7 Å². The molecule has 21 heavy (non-hydrogen) atoms. The summed E-state index contributed by atoms with van der Waals surface area (Å²) in [7, 11) is 1.89. The molecule has 106 valence electrons. The van der Waals surface area contributed by atoms with Crippen molar-refractivity contribution in [3.05, 3.63) is 54.4 Å². The summed E-state index contributed by atoms with van der Waals surface area (Å²) in [5.74, 6) is 1.76. The molecule has 2 heterocycles. The zero-order valence-corrected chi connectivity index (χ0v) is 11.7. The quantitative estimate of drug-likeness (QED) is 0.764. The van der Waals surface area contributed by atoms with Crippen molar-refractivity contribution in [3.63, 3.8) is 0 Å². The maximum absolute atomic E-state index is 5.86. The highest BCUT2D eigenvalue weighted by Gasteiger charge is 2.05. The minimum atomic E-state index is 0.442. The van der Waals surface area contributed by atoms with Crippen LogP contribution in [0.25, 0.3) is 11.4 Å². The highest BCUT2D eigenvalue weighted by Crippen LogP contribution is 2.18. The Bertz CT molecular complexity index is 735. The van der Waals surface area contributed by atoms with E-state index in [1.165, 1.54) is 0 Å². The van der Waals surface area contributed by atoms with Gasteiger partial charge in [-0.15, -0.1) is 0 Å². The van der Waals surface area contributed by atoms with Crippen LogP contribution >= 0.6 is 0 Å². The molecule has 3 rings (SSSR count). The Kier molecular flexibility index (Phi) is 3.51. The van der Waals surface area contributed by atoms with Crippen LogP contribution in [0.3, 0.4) is 0 Å². The van der Waals surface area contributed by atoms with Gasteiger partial charge >= 0.3 is 0 Å². The first-order valence-electron chi connectivity index (χ1n) is 6.62. The highest BCUT2D eigenvalue weighted by molar-refractivity contribution is 5.60. The number of aryl methyl sites for hydroxylation is 1. The monoisotopic (exact) mass is 280 g/mol. The van der Waals surface area contributed by atoms with Crippen LogP contribution in [0.15, 0.2) is 48.8 Å². The number of nitrogens with two attached hydrogens (primary N) is 1. The molecule has 0 aliphatic rings. The second kappa shape index (κ2) is 5.62. The fourth-order valence-corrected chi connectivity index (χ4v) is 2.03. The van der Waals surface area contributed by atoms with Crippen LogP contribution in [0.5, 0.6) is 0 Å². The number of benzene rings is 1. The Morgan fingerprint density at radius 3 is 2.71 bits per heavy atom. The SMILES string of the molecule is Cn1cc(CNc2cc(N)nc(-c3ccccc3)n2)cn1. The molecule has 0 saturated carbocycles. The third-order valence-electron chi connectivity index (χ3n) is 3.01. The summed E-state index contributed by atoms with van der Waals surface area (Å²) in [5, 5.41) is 7.37. The molecule has 3 N–H and O–H groups in total. The van der Waals surface area contributed by atoms with Crippen LogP contribution in [0.4, 0.5) is 11.6 Å². The average molecular weight is 280 g/mol. The summed E-state index contributed by atoms with van der Waals surface area (Å²) in [6, 6.07) is 11.5. The van der Waals surface area contributed by atoms with Gasteiger partial charge in [0, 0.05) is 37.0 Å². The van der Waals surface area contributed by atoms with Crippen LogP contribution in [0.2, 0.25) is 0 Å². The molecule has 0 aliphatic carbocycles. The number of aromatic nitrogens is 4. The molecule has 0 bridgehead atoms. The van der Waals surface area contributed by atoms with Crippen molar-refractivity contribution < 1.29 is 0 Å². The van der Waals surface area contributed by atoms with Crippen molar-refractivity contribution in [2.75, 3.05) is 11.1 Å². The number of hydrogen-bond donors (Lipinski definition) is 2. The largest absolute Gasteiger partial charge is 0.384 e. The lowest BCUT2D eigenvalue weighted by Crippen LogP contribution is -2.04. The Balaban J connectivity index is 1.81. The molecule has 3 aromatic rings. The molecular weight excluding hydrogens is 264 g/mol. The van der Waals surface area contributed by atoms with Crippen molar-refractivity contribution in [1.82, 2.24) is 19.7 Å². The molecule has 6 nitrogen and oxygen atoms in total. The molecule has 0 spiro atoms. The summed E-state index contributed by atoms with van der Waals surface area (Å²) < 4.78 is 1.76. The van der Waals surface area contributed by atoms with Crippen LogP contribution < -0.4 is 11.1 Å². The highest BCUT2D eigenvalue weighted by atomic mass is 15.2. The van der Waals surface area contributed by atoms with Crippen molar-refractivity contribution >= 4 is 11.6 Å². The first-order chi connectivity index (χ1) is 10.2. The fourth-order valence-electron chi connectivity index (χ4n) is 2.03. The minimum absolute atomic E-state index is 0.442. The van der Waals surface area contributed by atoms with E-state index in [0.29, 0.717) is 24.0 Å². The molecule has 2 aromatic heterocycles. The normalized spacial score (nSPS) is 10.5. The second-order valence-corrected chi connectivity index (χ2v) is 4.74. The first-order valence-corrected chi connectivity index (χ1v) is 6.62. The Labute approximate surface area is 122 Å². The van der Waals surface area contributed by atoms with Gasteiger partial charge in [0.2, 0.25) is 0 Å². The van der Waals surface area contributed by atoms with Crippen LogP contribution in [-0.4, -0.2) is 19.7 Å². The number of hydrogen-bond acceptors (Lipinski definition) is 5. The molecule has 0 radical (unpaired) electrons. The van der Waals surface area contributed by atoms with E-state index in [2.05, 4.69) is 20.4 Å². The topological polar surface area (TPSA) is 81.7 Å². The lowest BCUT2D eigenvalue weighted by molar-refractivity contribution is 0.767. The zero-order valence-electron chi connectivity index (χ0n) is 11.7. The molecule has 0 unspecified atom stereocenters. The predicted molar refractivity (Wildman–Crippen MR) is 82.4 cm³/mol. The molecular formula is C15H16N6. The van der Waals surface area contributed by atoms with Gasteiger partial charge in [-0.2, -0.15) is 5.10 Å². The Morgan fingerprint density at radius 2 is 2.00 bits per heavy atom. The van der Waals surface area contributed by atoms with E-state index in [0.717, 1.165) is 11.1 Å². The maximum Gasteiger partial charge on any atom is 0.163 e. The molecule has 0 amide bonds. The van der Waals surface area contributed by atoms with Gasteiger partial charge in [-0.25, -0.2) is 9.97 Å². The zero-order chi connectivity index (χ0) is 14.7. The van der Waals surface area contributed by atoms with Gasteiger partial charge in [-0.05, 0) is 0 Å². The number of nitrogens with zero attached hydrogens (tertiary/aromatic N) is 4. The lowest BCUT2D eigenvalue weighted by atomic mass is 10.2. The van der Waals surface area contributed by atoms with Crippen LogP contribution in [0.1, 0.15) is 5.56 Å². The molecule has 0 saturated heterocycles. The van der Waals surface area contributed by atoms with E-state index in [4.69, 9.17) is 5.73 Å². The van der Waals surface area contributed by atoms with Crippen molar-refractivity contribution in [3.8, 4) is 11.4 Å². The molecule has 1 aromatic carbocycles. The summed E-state index contributed by atoms with van der Waals surface area (Å²) >= 11 is 0. The summed E-state index contributed by atoms with van der Waals surface area (Å²) in [4.78, 5) is 8.77. The van der Waals surface area contributed by atoms with E-state index in [-0.39, 0.29) is 0 Å². The molecule has 6 heteroatoms. The van der Waals surface area contributed by atoms with Gasteiger partial charge in [-0.3, -0.25) is 4.68 Å². The third-order valence-corrected chi connectivity index (χ3v) is 3.01. The Morgan fingerprint density at radius 1 is 1.19 bits per heavy atom. The fraction of sp³-hybridized carbons (Fsp3) is 0.133. The molecule has 0 aliphatic heterocycles. The second-order valence-electron chi connectivity index (χ2n) is 4.74. The van der Waals surface area contributed by atoms with Crippen molar-refractivity contribution in [2.24, 2.45) is 7.05 Å². The minimum Gasteiger partial charge on any atom is -0.384 e.